The number of carbonyl (C=O) groups excluding carboxylic acids is 1. The predicted molar refractivity (Wildman–Crippen MR) is 60.0 cm³/mol. The van der Waals surface area contributed by atoms with Gasteiger partial charge in [-0.3, -0.25) is 15.1 Å². The van der Waals surface area contributed by atoms with Gasteiger partial charge >= 0.3 is 10.4 Å². The second-order valence-electron chi connectivity index (χ2n) is 2.76. The number of ether oxygens (including phenoxy) is 1. The van der Waals surface area contributed by atoms with E-state index in [0.29, 0.717) is 6.54 Å². The van der Waals surface area contributed by atoms with Crippen LogP contribution in [0.1, 0.15) is 6.42 Å². The highest BCUT2D eigenvalue weighted by Crippen LogP contribution is 2.31. The summed E-state index contributed by atoms with van der Waals surface area (Å²) in [6, 6.07) is 0. The average Bonchev–Trinajstić information content (AvgIpc) is 2.27. The maximum Gasteiger partial charge on any atom is 0.415 e. The van der Waals surface area contributed by atoms with Gasteiger partial charge < -0.3 is 4.74 Å². The van der Waals surface area contributed by atoms with E-state index in [1.54, 1.807) is 0 Å². The first-order valence-corrected chi connectivity index (χ1v) is 5.91. The molecule has 0 aromatic carbocycles. The van der Waals surface area contributed by atoms with Gasteiger partial charge in [-0.25, -0.2) is 4.79 Å². The van der Waals surface area contributed by atoms with E-state index in [1.807, 2.05) is 0 Å². The van der Waals surface area contributed by atoms with Crippen molar-refractivity contribution in [2.75, 3.05) is 19.4 Å². The largest absolute Gasteiger partial charge is 0.463 e. The number of rotatable bonds is 3. The minimum absolute atomic E-state index is 0.158. The minimum Gasteiger partial charge on any atom is -0.463 e. The van der Waals surface area contributed by atoms with Gasteiger partial charge in [0.05, 0.1) is 12.0 Å². The molecule has 0 amide bonds. The minimum atomic E-state index is -2.03. The Bertz CT molecular complexity index is 322. The average molecular weight is 297 g/mol. The molecule has 0 aliphatic carbocycles. The molecule has 0 aromatic rings. The molecule has 0 spiro atoms. The third-order valence-corrected chi connectivity index (χ3v) is 4.23. The Morgan fingerprint density at radius 3 is 2.87 bits per heavy atom. The maximum atomic E-state index is 11.4. The quantitative estimate of drug-likeness (QED) is 0.256. The number of halogens is 1. The Morgan fingerprint density at radius 1 is 1.80 bits per heavy atom. The Balaban J connectivity index is 3.05. The van der Waals surface area contributed by atoms with Crippen LogP contribution in [-0.2, 0) is 9.53 Å². The van der Waals surface area contributed by atoms with E-state index in [1.165, 1.54) is 11.8 Å². The lowest BCUT2D eigenvalue weighted by molar-refractivity contribution is -0.502. The molecule has 0 saturated heterocycles. The molecular formula is C7H9BrN2O4S. The lowest BCUT2D eigenvalue weighted by atomic mass is 10.3. The smallest absolute Gasteiger partial charge is 0.415 e. The molecule has 0 radical (unpaired) electrons. The standard InChI is InChI=1S/C7H9BrN2O4S/c1-14-6(11)7(8,10(12)13)5-9-3-2-4-15-5/h2-4H2,1H3. The van der Waals surface area contributed by atoms with Gasteiger partial charge in [0.1, 0.15) is 0 Å². The van der Waals surface area contributed by atoms with Crippen molar-refractivity contribution in [3.8, 4) is 0 Å². The molecule has 1 aliphatic rings. The van der Waals surface area contributed by atoms with Crippen molar-refractivity contribution in [1.82, 2.24) is 0 Å². The zero-order chi connectivity index (χ0) is 11.5. The van der Waals surface area contributed by atoms with Gasteiger partial charge in [0.15, 0.2) is 5.04 Å². The number of hydrogen-bond donors (Lipinski definition) is 0. The van der Waals surface area contributed by atoms with Crippen LogP contribution < -0.4 is 0 Å². The van der Waals surface area contributed by atoms with Crippen LogP contribution in [-0.4, -0.2) is 39.8 Å². The van der Waals surface area contributed by atoms with Gasteiger partial charge in [-0.1, -0.05) is 0 Å². The summed E-state index contributed by atoms with van der Waals surface area (Å²) >= 11 is 4.01. The monoisotopic (exact) mass is 296 g/mol. The molecule has 1 heterocycles. The molecule has 1 unspecified atom stereocenters. The van der Waals surface area contributed by atoms with Crippen molar-refractivity contribution in [1.29, 1.82) is 0 Å². The first-order valence-electron chi connectivity index (χ1n) is 4.13. The summed E-state index contributed by atoms with van der Waals surface area (Å²) in [5, 5.41) is 11.0. The summed E-state index contributed by atoms with van der Waals surface area (Å²) in [6.45, 7) is 0.501. The van der Waals surface area contributed by atoms with Gasteiger partial charge in [-0.15, -0.1) is 11.8 Å². The molecule has 0 bridgehead atoms. The highest BCUT2D eigenvalue weighted by atomic mass is 79.9. The molecule has 1 rings (SSSR count). The Labute approximate surface area is 98.7 Å². The fourth-order valence-electron chi connectivity index (χ4n) is 1.04. The molecule has 0 aromatic heterocycles. The Hall–Kier alpha value is -0.630. The molecule has 6 nitrogen and oxygen atoms in total. The lowest BCUT2D eigenvalue weighted by Crippen LogP contribution is -2.48. The zero-order valence-electron chi connectivity index (χ0n) is 7.93. The number of aliphatic imine (C=N–C) groups is 1. The Morgan fingerprint density at radius 2 is 2.47 bits per heavy atom. The van der Waals surface area contributed by atoms with Crippen LogP contribution in [0.4, 0.5) is 0 Å². The first kappa shape index (κ1) is 12.4. The van der Waals surface area contributed by atoms with Crippen LogP contribution in [0.3, 0.4) is 0 Å². The Kier molecular flexibility index (Phi) is 4.09. The summed E-state index contributed by atoms with van der Waals surface area (Å²) in [7, 11) is 1.11. The summed E-state index contributed by atoms with van der Waals surface area (Å²) in [5.41, 5.74) is 0. The normalized spacial score (nSPS) is 20.0. The summed E-state index contributed by atoms with van der Waals surface area (Å²) in [5.74, 6) is -0.238. The van der Waals surface area contributed by atoms with Gasteiger partial charge in [-0.2, -0.15) is 0 Å². The number of carbonyl (C=O) groups is 1. The van der Waals surface area contributed by atoms with Crippen LogP contribution in [0.25, 0.3) is 0 Å². The van der Waals surface area contributed by atoms with Crippen LogP contribution in [0.2, 0.25) is 0 Å². The van der Waals surface area contributed by atoms with Crippen molar-refractivity contribution in [3.05, 3.63) is 10.1 Å². The zero-order valence-corrected chi connectivity index (χ0v) is 10.3. The molecule has 1 aliphatic heterocycles. The van der Waals surface area contributed by atoms with E-state index >= 15 is 0 Å². The highest BCUT2D eigenvalue weighted by Gasteiger charge is 2.55. The van der Waals surface area contributed by atoms with E-state index in [4.69, 9.17) is 0 Å². The third-order valence-electron chi connectivity index (χ3n) is 1.79. The molecular weight excluding hydrogens is 288 g/mol. The summed E-state index contributed by atoms with van der Waals surface area (Å²) in [4.78, 5) is 25.5. The van der Waals surface area contributed by atoms with Gasteiger partial charge in [-0.05, 0) is 6.42 Å². The first-order chi connectivity index (χ1) is 7.03. The van der Waals surface area contributed by atoms with Gasteiger partial charge in [0.2, 0.25) is 0 Å². The molecule has 84 valence electrons. The predicted octanol–water partition coefficient (Wildman–Crippen LogP) is 1.06. The van der Waals surface area contributed by atoms with E-state index in [2.05, 4.69) is 25.7 Å². The van der Waals surface area contributed by atoms with Crippen molar-refractivity contribution >= 4 is 38.7 Å². The molecule has 8 heteroatoms. The number of nitrogens with zero attached hydrogens (tertiary/aromatic N) is 2. The van der Waals surface area contributed by atoms with E-state index in [9.17, 15) is 14.9 Å². The number of methoxy groups -OCH3 is 1. The number of hydrogen-bond acceptors (Lipinski definition) is 6. The van der Waals surface area contributed by atoms with E-state index in [0.717, 1.165) is 19.3 Å². The van der Waals surface area contributed by atoms with Crippen molar-refractivity contribution in [2.45, 2.75) is 10.9 Å². The third kappa shape index (κ3) is 2.31. The van der Waals surface area contributed by atoms with Crippen molar-refractivity contribution in [3.63, 3.8) is 0 Å². The lowest BCUT2D eigenvalue weighted by Gasteiger charge is -2.20. The van der Waals surface area contributed by atoms with Gasteiger partial charge in [0.25, 0.3) is 0 Å². The van der Waals surface area contributed by atoms with Crippen LogP contribution in [0, 0.1) is 10.1 Å². The topological polar surface area (TPSA) is 81.8 Å². The number of alkyl halides is 1. The maximum absolute atomic E-state index is 11.4. The van der Waals surface area contributed by atoms with Gasteiger partial charge in [0, 0.05) is 28.2 Å². The SMILES string of the molecule is COC(=O)C(Br)(C1=NCCCS1)[N+](=O)[O-]. The van der Waals surface area contributed by atoms with Crippen LogP contribution >= 0.6 is 27.7 Å². The fourth-order valence-corrected chi connectivity index (χ4v) is 2.66. The second-order valence-corrected chi connectivity index (χ2v) is 4.99. The molecule has 1 atom stereocenters. The van der Waals surface area contributed by atoms with Crippen LogP contribution in [0.5, 0.6) is 0 Å². The van der Waals surface area contributed by atoms with E-state index in [-0.39, 0.29) is 5.04 Å². The summed E-state index contributed by atoms with van der Waals surface area (Å²) in [6.07, 6.45) is 0.857. The van der Waals surface area contributed by atoms with E-state index < -0.39 is 15.3 Å². The molecule has 0 fully saturated rings. The molecule has 0 saturated carbocycles. The summed E-state index contributed by atoms with van der Waals surface area (Å²) < 4.78 is 2.37. The molecule has 0 N–H and O–H groups in total. The number of nitro groups is 1. The highest BCUT2D eigenvalue weighted by molar-refractivity contribution is 9.10. The number of thioether (sulfide) groups is 1. The molecule has 15 heavy (non-hydrogen) atoms. The van der Waals surface area contributed by atoms with Crippen molar-refractivity contribution < 1.29 is 14.5 Å². The van der Waals surface area contributed by atoms with Crippen molar-refractivity contribution in [2.24, 2.45) is 4.99 Å². The number of esters is 1. The fraction of sp³-hybridized carbons (Fsp3) is 0.714. The second kappa shape index (κ2) is 4.93. The van der Waals surface area contributed by atoms with Crippen LogP contribution in [0.15, 0.2) is 4.99 Å².